The van der Waals surface area contributed by atoms with Gasteiger partial charge in [-0.3, -0.25) is 4.79 Å². The summed E-state index contributed by atoms with van der Waals surface area (Å²) in [7, 11) is 0. The van der Waals surface area contributed by atoms with Crippen LogP contribution in [0, 0.1) is 5.41 Å². The molecule has 0 aromatic heterocycles. The number of carbonyl (C=O) groups excluding carboxylic acids is 1. The predicted molar refractivity (Wildman–Crippen MR) is 86.5 cm³/mol. The number of nitrogens with one attached hydrogen (secondary N) is 1. The van der Waals surface area contributed by atoms with Gasteiger partial charge in [-0.15, -0.1) is 0 Å². The standard InChI is InChI=1S/C15H18Cl2F2N2O3/c16-10-5-9(12(11(17)6-10)24-14(18)19)7-21-13(22)15(8-20)1-3-23-4-2-15/h5-6,14H,1-4,7-8,20H2,(H,21,22). The molecule has 1 aromatic carbocycles. The average Bonchev–Trinajstić information content (AvgIpc) is 2.55. The Hall–Kier alpha value is -1.15. The second-order valence-corrected chi connectivity index (χ2v) is 6.38. The van der Waals surface area contributed by atoms with Crippen LogP contribution in [0.15, 0.2) is 12.1 Å². The molecule has 1 saturated heterocycles. The van der Waals surface area contributed by atoms with Crippen LogP contribution in [0.1, 0.15) is 18.4 Å². The quantitative estimate of drug-likeness (QED) is 0.792. The normalized spacial score (nSPS) is 16.9. The van der Waals surface area contributed by atoms with Crippen molar-refractivity contribution in [1.82, 2.24) is 5.32 Å². The van der Waals surface area contributed by atoms with E-state index in [1.54, 1.807) is 0 Å². The molecule has 24 heavy (non-hydrogen) atoms. The molecule has 0 unspecified atom stereocenters. The van der Waals surface area contributed by atoms with Crippen LogP contribution in [0.4, 0.5) is 8.78 Å². The summed E-state index contributed by atoms with van der Waals surface area (Å²) in [6, 6.07) is 2.72. The maximum absolute atomic E-state index is 12.6. The summed E-state index contributed by atoms with van der Waals surface area (Å²) < 4.78 is 34.8. The van der Waals surface area contributed by atoms with Crippen LogP contribution < -0.4 is 15.8 Å². The highest BCUT2D eigenvalue weighted by Gasteiger charge is 2.38. The first-order chi connectivity index (χ1) is 11.4. The van der Waals surface area contributed by atoms with E-state index in [1.165, 1.54) is 12.1 Å². The third-order valence-electron chi connectivity index (χ3n) is 4.05. The predicted octanol–water partition coefficient (Wildman–Crippen LogP) is 2.97. The van der Waals surface area contributed by atoms with Gasteiger partial charge in [-0.2, -0.15) is 8.78 Å². The van der Waals surface area contributed by atoms with Crippen LogP contribution in [-0.2, 0) is 16.1 Å². The molecule has 3 N–H and O–H groups in total. The highest BCUT2D eigenvalue weighted by molar-refractivity contribution is 6.35. The zero-order valence-electron chi connectivity index (χ0n) is 12.8. The maximum Gasteiger partial charge on any atom is 0.387 e. The number of benzene rings is 1. The third kappa shape index (κ3) is 4.47. The van der Waals surface area contributed by atoms with Gasteiger partial charge in [-0.05, 0) is 25.0 Å². The van der Waals surface area contributed by atoms with E-state index in [2.05, 4.69) is 10.1 Å². The van der Waals surface area contributed by atoms with E-state index in [1.807, 2.05) is 0 Å². The summed E-state index contributed by atoms with van der Waals surface area (Å²) in [6.07, 6.45) is 1.01. The van der Waals surface area contributed by atoms with E-state index in [4.69, 9.17) is 33.7 Å². The van der Waals surface area contributed by atoms with Crippen LogP contribution in [0.25, 0.3) is 0 Å². The number of alkyl halides is 2. The highest BCUT2D eigenvalue weighted by atomic mass is 35.5. The first-order valence-corrected chi connectivity index (χ1v) is 8.12. The number of hydrogen-bond donors (Lipinski definition) is 2. The van der Waals surface area contributed by atoms with E-state index < -0.39 is 12.0 Å². The second-order valence-electron chi connectivity index (χ2n) is 5.53. The SMILES string of the molecule is NCC1(C(=O)NCc2cc(Cl)cc(Cl)c2OC(F)F)CCOCC1. The van der Waals surface area contributed by atoms with Gasteiger partial charge in [0.1, 0.15) is 5.75 Å². The molecule has 1 aliphatic heterocycles. The van der Waals surface area contributed by atoms with Crippen molar-refractivity contribution in [2.24, 2.45) is 11.1 Å². The fourth-order valence-electron chi connectivity index (χ4n) is 2.62. The number of rotatable bonds is 6. The van der Waals surface area contributed by atoms with Gasteiger partial charge < -0.3 is 20.5 Å². The Morgan fingerprint density at radius 3 is 2.62 bits per heavy atom. The van der Waals surface area contributed by atoms with Gasteiger partial charge in [0.2, 0.25) is 5.91 Å². The molecule has 0 radical (unpaired) electrons. The fourth-order valence-corrected chi connectivity index (χ4v) is 3.20. The summed E-state index contributed by atoms with van der Waals surface area (Å²) in [5.74, 6) is -0.461. The van der Waals surface area contributed by atoms with Gasteiger partial charge in [0, 0.05) is 36.9 Å². The van der Waals surface area contributed by atoms with Crippen molar-refractivity contribution in [2.45, 2.75) is 26.0 Å². The lowest BCUT2D eigenvalue weighted by Crippen LogP contribution is -2.49. The van der Waals surface area contributed by atoms with Gasteiger partial charge >= 0.3 is 6.61 Å². The molecule has 0 bridgehead atoms. The molecule has 1 amide bonds. The van der Waals surface area contributed by atoms with Crippen molar-refractivity contribution in [1.29, 1.82) is 0 Å². The van der Waals surface area contributed by atoms with E-state index in [0.29, 0.717) is 26.1 Å². The molecule has 0 spiro atoms. The highest BCUT2D eigenvalue weighted by Crippen LogP contribution is 2.34. The number of amides is 1. The first kappa shape index (κ1) is 19.2. The van der Waals surface area contributed by atoms with Crippen LogP contribution in [0.2, 0.25) is 10.0 Å². The number of carbonyl (C=O) groups is 1. The van der Waals surface area contributed by atoms with Gasteiger partial charge in [0.05, 0.1) is 10.4 Å². The van der Waals surface area contributed by atoms with Crippen LogP contribution >= 0.6 is 23.2 Å². The summed E-state index contributed by atoms with van der Waals surface area (Å²) in [4.78, 5) is 12.5. The van der Waals surface area contributed by atoms with Crippen molar-refractivity contribution in [3.63, 3.8) is 0 Å². The molecule has 0 aliphatic carbocycles. The fraction of sp³-hybridized carbons (Fsp3) is 0.533. The molecule has 134 valence electrons. The molecule has 0 saturated carbocycles. The topological polar surface area (TPSA) is 73.6 Å². The van der Waals surface area contributed by atoms with Crippen LogP contribution in [0.5, 0.6) is 5.75 Å². The molecule has 1 fully saturated rings. The van der Waals surface area contributed by atoms with Gasteiger partial charge in [0.25, 0.3) is 0 Å². The molecule has 0 atom stereocenters. The van der Waals surface area contributed by atoms with Crippen molar-refractivity contribution >= 4 is 29.1 Å². The molecule has 1 aliphatic rings. The van der Waals surface area contributed by atoms with E-state index in [9.17, 15) is 13.6 Å². The van der Waals surface area contributed by atoms with Crippen molar-refractivity contribution in [3.8, 4) is 5.75 Å². The molecule has 5 nitrogen and oxygen atoms in total. The lowest BCUT2D eigenvalue weighted by atomic mass is 9.79. The average molecular weight is 383 g/mol. The summed E-state index contributed by atoms with van der Waals surface area (Å²) in [5.41, 5.74) is 5.32. The molecule has 1 aromatic rings. The Morgan fingerprint density at radius 1 is 1.38 bits per heavy atom. The van der Waals surface area contributed by atoms with Gasteiger partial charge in [-0.25, -0.2) is 0 Å². The van der Waals surface area contributed by atoms with Crippen LogP contribution in [-0.4, -0.2) is 32.3 Å². The Balaban J connectivity index is 2.14. The Kier molecular flexibility index (Phi) is 6.62. The van der Waals surface area contributed by atoms with Gasteiger partial charge in [-0.1, -0.05) is 23.2 Å². The minimum Gasteiger partial charge on any atom is -0.433 e. The van der Waals surface area contributed by atoms with E-state index in [0.717, 1.165) is 0 Å². The minimum absolute atomic E-state index is 0.0494. The lowest BCUT2D eigenvalue weighted by Gasteiger charge is -2.34. The summed E-state index contributed by atoms with van der Waals surface area (Å²) in [5, 5.41) is 2.92. The molecule has 9 heteroatoms. The lowest BCUT2D eigenvalue weighted by molar-refractivity contribution is -0.136. The number of ether oxygens (including phenoxy) is 2. The molecule has 2 rings (SSSR count). The number of nitrogens with two attached hydrogens (primary N) is 1. The zero-order valence-corrected chi connectivity index (χ0v) is 14.3. The third-order valence-corrected chi connectivity index (χ3v) is 4.55. The molecule has 1 heterocycles. The summed E-state index contributed by atoms with van der Waals surface area (Å²) >= 11 is 11.8. The molecular formula is C15H18Cl2F2N2O3. The van der Waals surface area contributed by atoms with E-state index in [-0.39, 0.29) is 40.4 Å². The number of halogens is 4. The van der Waals surface area contributed by atoms with Crippen molar-refractivity contribution in [2.75, 3.05) is 19.8 Å². The Morgan fingerprint density at radius 2 is 2.04 bits per heavy atom. The second kappa shape index (κ2) is 8.29. The minimum atomic E-state index is -3.04. The Labute approximate surface area is 148 Å². The van der Waals surface area contributed by atoms with Crippen LogP contribution in [0.3, 0.4) is 0 Å². The Bertz CT molecular complexity index is 596. The zero-order chi connectivity index (χ0) is 17.7. The largest absolute Gasteiger partial charge is 0.433 e. The van der Waals surface area contributed by atoms with Crippen molar-refractivity contribution < 1.29 is 23.0 Å². The summed E-state index contributed by atoms with van der Waals surface area (Å²) in [6.45, 7) is -2.01. The monoisotopic (exact) mass is 382 g/mol. The van der Waals surface area contributed by atoms with Crippen molar-refractivity contribution in [3.05, 3.63) is 27.7 Å². The van der Waals surface area contributed by atoms with Gasteiger partial charge in [0.15, 0.2) is 0 Å². The smallest absolute Gasteiger partial charge is 0.387 e. The number of hydrogen-bond acceptors (Lipinski definition) is 4. The maximum atomic E-state index is 12.6. The first-order valence-electron chi connectivity index (χ1n) is 7.37. The molecular weight excluding hydrogens is 365 g/mol. The van der Waals surface area contributed by atoms with E-state index >= 15 is 0 Å².